The van der Waals surface area contributed by atoms with E-state index in [0.29, 0.717) is 16.6 Å². The first-order valence-corrected chi connectivity index (χ1v) is 11.0. The van der Waals surface area contributed by atoms with Crippen LogP contribution in [0.2, 0.25) is 5.02 Å². The minimum absolute atomic E-state index is 0.0827. The number of nitrogens with zero attached hydrogens (tertiary/aromatic N) is 2. The van der Waals surface area contributed by atoms with Gasteiger partial charge in [-0.15, -0.1) is 0 Å². The number of unbranched alkanes of at least 4 members (excludes halogenated alkanes) is 1. The third-order valence-corrected chi connectivity index (χ3v) is 7.56. The molecular weight excluding hydrogens is 368 g/mol. The Balaban J connectivity index is 1.94. The van der Waals surface area contributed by atoms with Crippen molar-refractivity contribution in [3.05, 3.63) is 29.3 Å². The molecule has 0 unspecified atom stereocenters. The second-order valence-corrected chi connectivity index (χ2v) is 9.84. The van der Waals surface area contributed by atoms with Crippen molar-refractivity contribution in [2.75, 3.05) is 16.4 Å². The molecule has 24 heavy (non-hydrogen) atoms. The number of amidine groups is 1. The molecule has 0 N–H and O–H groups in total. The molecule has 0 radical (unpaired) electrons. The molecule has 0 aromatic heterocycles. The van der Waals surface area contributed by atoms with Crippen LogP contribution in [-0.2, 0) is 14.6 Å². The third kappa shape index (κ3) is 3.78. The summed E-state index contributed by atoms with van der Waals surface area (Å²) in [7, 11) is -3.06. The van der Waals surface area contributed by atoms with Gasteiger partial charge in [-0.1, -0.05) is 42.8 Å². The van der Waals surface area contributed by atoms with Gasteiger partial charge in [0.2, 0.25) is 5.91 Å². The first kappa shape index (κ1) is 17.8. The zero-order chi connectivity index (χ0) is 17.3. The number of anilines is 1. The Kier molecular flexibility index (Phi) is 5.22. The summed E-state index contributed by atoms with van der Waals surface area (Å²) in [5.74, 6) is 0.0511. The van der Waals surface area contributed by atoms with Gasteiger partial charge in [-0.05, 0) is 24.6 Å². The topological polar surface area (TPSA) is 66.8 Å². The summed E-state index contributed by atoms with van der Waals surface area (Å²) in [5, 5.41) is 1.06. The Morgan fingerprint density at radius 1 is 1.42 bits per heavy atom. The molecule has 1 amide bonds. The molecule has 2 fully saturated rings. The molecule has 8 heteroatoms. The lowest BCUT2D eigenvalue weighted by atomic mass is 10.2. The Labute approximate surface area is 151 Å². The van der Waals surface area contributed by atoms with Gasteiger partial charge in [0, 0.05) is 22.4 Å². The first-order valence-electron chi connectivity index (χ1n) is 7.93. The van der Waals surface area contributed by atoms with Gasteiger partial charge in [0.1, 0.15) is 0 Å². The van der Waals surface area contributed by atoms with Gasteiger partial charge < -0.3 is 4.90 Å². The van der Waals surface area contributed by atoms with E-state index in [1.54, 1.807) is 12.1 Å². The maximum Gasteiger partial charge on any atom is 0.248 e. The van der Waals surface area contributed by atoms with Crippen molar-refractivity contribution in [3.63, 3.8) is 0 Å². The predicted octanol–water partition coefficient (Wildman–Crippen LogP) is 3.13. The van der Waals surface area contributed by atoms with Gasteiger partial charge in [-0.2, -0.15) is 4.99 Å². The number of carbonyl (C=O) groups is 1. The van der Waals surface area contributed by atoms with E-state index in [4.69, 9.17) is 11.6 Å². The van der Waals surface area contributed by atoms with Gasteiger partial charge in [-0.25, -0.2) is 8.42 Å². The minimum atomic E-state index is -3.06. The van der Waals surface area contributed by atoms with Crippen molar-refractivity contribution in [2.45, 2.75) is 37.5 Å². The largest absolute Gasteiger partial charge is 0.316 e. The Bertz CT molecular complexity index is 779. The lowest BCUT2D eigenvalue weighted by molar-refractivity contribution is -0.117. The zero-order valence-corrected chi connectivity index (χ0v) is 15.7. The van der Waals surface area contributed by atoms with E-state index in [-0.39, 0.29) is 28.7 Å². The van der Waals surface area contributed by atoms with E-state index in [1.165, 1.54) is 11.8 Å². The second kappa shape index (κ2) is 7.06. The third-order valence-electron chi connectivity index (χ3n) is 4.12. The van der Waals surface area contributed by atoms with Crippen LogP contribution in [0.5, 0.6) is 0 Å². The number of thioether (sulfide) groups is 1. The van der Waals surface area contributed by atoms with Crippen LogP contribution in [0.25, 0.3) is 0 Å². The summed E-state index contributed by atoms with van der Waals surface area (Å²) in [6.45, 7) is 2.03. The number of hydrogen-bond acceptors (Lipinski definition) is 4. The lowest BCUT2D eigenvalue weighted by Crippen LogP contribution is -2.37. The molecule has 5 nitrogen and oxygen atoms in total. The summed E-state index contributed by atoms with van der Waals surface area (Å²) in [6, 6.07) is 7.03. The molecular formula is C16H19ClN2O3S2. The van der Waals surface area contributed by atoms with Crippen molar-refractivity contribution in [3.8, 4) is 0 Å². The first-order chi connectivity index (χ1) is 11.4. The number of aliphatic imine (C=N–C) groups is 1. The number of amides is 1. The average molecular weight is 387 g/mol. The molecule has 0 saturated carbocycles. The van der Waals surface area contributed by atoms with Crippen LogP contribution in [0, 0.1) is 0 Å². The smallest absolute Gasteiger partial charge is 0.248 e. The van der Waals surface area contributed by atoms with Gasteiger partial charge in [0.25, 0.3) is 0 Å². The number of hydrogen-bond donors (Lipinski definition) is 0. The van der Waals surface area contributed by atoms with E-state index >= 15 is 0 Å². The van der Waals surface area contributed by atoms with Crippen LogP contribution in [0.1, 0.15) is 26.2 Å². The summed E-state index contributed by atoms with van der Waals surface area (Å²) < 4.78 is 24.0. The van der Waals surface area contributed by atoms with Crippen LogP contribution < -0.4 is 4.90 Å². The molecule has 1 aromatic carbocycles. The highest BCUT2D eigenvalue weighted by atomic mass is 35.5. The maximum absolute atomic E-state index is 12.1. The Morgan fingerprint density at radius 2 is 2.21 bits per heavy atom. The fourth-order valence-corrected chi connectivity index (χ4v) is 7.10. The number of benzene rings is 1. The molecule has 2 heterocycles. The van der Waals surface area contributed by atoms with Crippen LogP contribution in [-0.4, -0.2) is 42.3 Å². The summed E-state index contributed by atoms with van der Waals surface area (Å²) >= 11 is 7.47. The zero-order valence-electron chi connectivity index (χ0n) is 13.3. The molecule has 3 rings (SSSR count). The number of fused-ring (bicyclic) bond motifs is 1. The second-order valence-electron chi connectivity index (χ2n) is 6.04. The maximum atomic E-state index is 12.1. The van der Waals surface area contributed by atoms with Gasteiger partial charge in [0.15, 0.2) is 15.0 Å². The number of sulfone groups is 1. The molecule has 130 valence electrons. The quantitative estimate of drug-likeness (QED) is 0.795. The highest BCUT2D eigenvalue weighted by Gasteiger charge is 2.49. The fourth-order valence-electron chi connectivity index (χ4n) is 2.98. The standard InChI is InChI=1S/C16H19ClN2O3S2/c1-2-3-7-15(20)18-16-19(12-6-4-5-11(17)8-12)13-9-24(21,22)10-14(13)23-16/h4-6,8,13-14H,2-3,7,9-10H2,1H3/t13-,14+/m0/s1. The van der Waals surface area contributed by atoms with E-state index in [2.05, 4.69) is 4.99 Å². The molecule has 2 saturated heterocycles. The van der Waals surface area contributed by atoms with Gasteiger partial charge >= 0.3 is 0 Å². The number of rotatable bonds is 4. The van der Waals surface area contributed by atoms with Crippen molar-refractivity contribution >= 4 is 50.0 Å². The number of halogens is 1. The SMILES string of the molecule is CCCCC(=O)N=C1S[C@@H]2CS(=O)(=O)C[C@@H]2N1c1cccc(Cl)c1. The highest BCUT2D eigenvalue weighted by molar-refractivity contribution is 8.16. The predicted molar refractivity (Wildman–Crippen MR) is 99.7 cm³/mol. The molecule has 2 aliphatic rings. The molecule has 0 bridgehead atoms. The lowest BCUT2D eigenvalue weighted by Gasteiger charge is -2.24. The Morgan fingerprint density at radius 3 is 2.92 bits per heavy atom. The highest BCUT2D eigenvalue weighted by Crippen LogP contribution is 2.41. The van der Waals surface area contributed by atoms with E-state index < -0.39 is 9.84 Å². The number of carbonyl (C=O) groups excluding carboxylic acids is 1. The van der Waals surface area contributed by atoms with Gasteiger partial charge in [-0.3, -0.25) is 4.79 Å². The monoisotopic (exact) mass is 386 g/mol. The Hall–Kier alpha value is -1.05. The van der Waals surface area contributed by atoms with Crippen LogP contribution in [0.4, 0.5) is 5.69 Å². The van der Waals surface area contributed by atoms with E-state index in [1.807, 2.05) is 24.0 Å². The van der Waals surface area contributed by atoms with Gasteiger partial charge in [0.05, 0.1) is 17.5 Å². The molecule has 1 aromatic rings. The van der Waals surface area contributed by atoms with Crippen molar-refractivity contribution in [1.29, 1.82) is 0 Å². The van der Waals surface area contributed by atoms with E-state index in [0.717, 1.165) is 18.5 Å². The van der Waals surface area contributed by atoms with Crippen LogP contribution in [0.15, 0.2) is 29.3 Å². The molecule has 2 atom stereocenters. The normalized spacial score (nSPS) is 26.8. The van der Waals surface area contributed by atoms with Crippen LogP contribution in [0.3, 0.4) is 0 Å². The van der Waals surface area contributed by atoms with Crippen molar-refractivity contribution in [1.82, 2.24) is 0 Å². The molecule has 0 aliphatic carbocycles. The molecule has 0 spiro atoms. The van der Waals surface area contributed by atoms with Crippen molar-refractivity contribution < 1.29 is 13.2 Å². The fraction of sp³-hybridized carbons (Fsp3) is 0.500. The summed E-state index contributed by atoms with van der Waals surface area (Å²) in [6.07, 6.45) is 2.15. The average Bonchev–Trinajstić information content (AvgIpc) is 2.96. The van der Waals surface area contributed by atoms with Crippen LogP contribution >= 0.6 is 23.4 Å². The minimum Gasteiger partial charge on any atom is -0.316 e. The van der Waals surface area contributed by atoms with E-state index in [9.17, 15) is 13.2 Å². The molecule has 2 aliphatic heterocycles. The van der Waals surface area contributed by atoms with Crippen molar-refractivity contribution in [2.24, 2.45) is 4.99 Å². The summed E-state index contributed by atoms with van der Waals surface area (Å²) in [4.78, 5) is 18.2. The summed E-state index contributed by atoms with van der Waals surface area (Å²) in [5.41, 5.74) is 0.779.